The zero-order valence-corrected chi connectivity index (χ0v) is 16.9. The summed E-state index contributed by atoms with van der Waals surface area (Å²) in [5.41, 5.74) is 1.93. The predicted molar refractivity (Wildman–Crippen MR) is 108 cm³/mol. The summed E-state index contributed by atoms with van der Waals surface area (Å²) in [6, 6.07) is 12.8. The molecule has 0 N–H and O–H groups in total. The Morgan fingerprint density at radius 3 is 2.37 bits per heavy atom. The molecule has 3 atom stereocenters. The quantitative estimate of drug-likeness (QED) is 0.292. The summed E-state index contributed by atoms with van der Waals surface area (Å²) in [5.74, 6) is 0.199. The third-order valence-corrected chi connectivity index (χ3v) is 4.74. The van der Waals surface area contributed by atoms with Crippen molar-refractivity contribution >= 4 is 11.7 Å². The van der Waals surface area contributed by atoms with Crippen LogP contribution < -0.4 is 4.74 Å². The van der Waals surface area contributed by atoms with Crippen LogP contribution in [-0.4, -0.2) is 36.5 Å². The molecule has 0 spiro atoms. The lowest BCUT2D eigenvalue weighted by Crippen LogP contribution is -2.39. The average Bonchev–Trinajstić information content (AvgIpc) is 2.75. The van der Waals surface area contributed by atoms with Gasteiger partial charge in [-0.15, -0.1) is 0 Å². The van der Waals surface area contributed by atoms with E-state index in [9.17, 15) is 14.9 Å². The summed E-state index contributed by atoms with van der Waals surface area (Å²) >= 11 is 0. The van der Waals surface area contributed by atoms with Crippen LogP contribution in [0.25, 0.3) is 0 Å². The van der Waals surface area contributed by atoms with Gasteiger partial charge in [-0.05, 0) is 55.3 Å². The minimum Gasteiger partial charge on any atom is -0.497 e. The fraction of sp³-hybridized carbons (Fsp3) is 0.318. The first-order chi connectivity index (χ1) is 14.4. The second-order valence-electron chi connectivity index (χ2n) is 6.91. The van der Waals surface area contributed by atoms with Crippen molar-refractivity contribution in [2.75, 3.05) is 7.11 Å². The first-order valence-corrected chi connectivity index (χ1v) is 9.41. The molecule has 1 aliphatic heterocycles. The highest BCUT2D eigenvalue weighted by molar-refractivity contribution is 5.89. The smallest absolute Gasteiger partial charge is 0.338 e. The van der Waals surface area contributed by atoms with Gasteiger partial charge < -0.3 is 18.9 Å². The SMILES string of the molecule is COc1ccc(CO[C@H]2C=C(C)[C@H](OC(=O)c3ccc([N+](=O)[O-])cc3)[C@H](C)O2)cc1. The molecule has 2 aromatic rings. The lowest BCUT2D eigenvalue weighted by atomic mass is 10.0. The van der Waals surface area contributed by atoms with E-state index in [-0.39, 0.29) is 11.3 Å². The summed E-state index contributed by atoms with van der Waals surface area (Å²) in [6.45, 7) is 4.00. The van der Waals surface area contributed by atoms with Crippen molar-refractivity contribution in [1.29, 1.82) is 0 Å². The maximum atomic E-state index is 12.4. The molecule has 0 fully saturated rings. The van der Waals surface area contributed by atoms with Crippen LogP contribution in [0.3, 0.4) is 0 Å². The first kappa shape index (κ1) is 21.5. The Bertz CT molecular complexity index is 922. The van der Waals surface area contributed by atoms with Gasteiger partial charge in [-0.25, -0.2) is 4.79 Å². The van der Waals surface area contributed by atoms with Gasteiger partial charge in [0.2, 0.25) is 0 Å². The highest BCUT2D eigenvalue weighted by atomic mass is 16.7. The van der Waals surface area contributed by atoms with Gasteiger partial charge >= 0.3 is 5.97 Å². The summed E-state index contributed by atoms with van der Waals surface area (Å²) < 4.78 is 22.4. The van der Waals surface area contributed by atoms with Crippen molar-refractivity contribution in [3.05, 3.63) is 81.4 Å². The second-order valence-corrected chi connectivity index (χ2v) is 6.91. The molecule has 0 radical (unpaired) electrons. The maximum Gasteiger partial charge on any atom is 0.338 e. The van der Waals surface area contributed by atoms with Crippen LogP contribution >= 0.6 is 0 Å². The molecule has 0 saturated heterocycles. The summed E-state index contributed by atoms with van der Waals surface area (Å²) in [6.07, 6.45) is 0.222. The lowest BCUT2D eigenvalue weighted by molar-refractivity contribution is -0.384. The highest BCUT2D eigenvalue weighted by Gasteiger charge is 2.31. The fourth-order valence-corrected chi connectivity index (χ4v) is 3.08. The van der Waals surface area contributed by atoms with Gasteiger partial charge in [-0.3, -0.25) is 10.1 Å². The van der Waals surface area contributed by atoms with Gasteiger partial charge in [-0.1, -0.05) is 12.1 Å². The first-order valence-electron chi connectivity index (χ1n) is 9.41. The molecule has 0 saturated carbocycles. The molecule has 0 unspecified atom stereocenters. The number of nitrogens with zero attached hydrogens (tertiary/aromatic N) is 1. The number of benzene rings is 2. The molecular weight excluding hydrogens is 390 g/mol. The number of methoxy groups -OCH3 is 1. The monoisotopic (exact) mass is 413 g/mol. The Balaban J connectivity index is 1.59. The second kappa shape index (κ2) is 9.51. The van der Waals surface area contributed by atoms with Gasteiger partial charge in [0.25, 0.3) is 5.69 Å². The van der Waals surface area contributed by atoms with E-state index in [0.717, 1.165) is 16.9 Å². The van der Waals surface area contributed by atoms with E-state index in [0.29, 0.717) is 6.61 Å². The Kier molecular flexibility index (Phi) is 6.81. The number of nitro groups is 1. The number of hydrogen-bond acceptors (Lipinski definition) is 7. The number of carbonyl (C=O) groups is 1. The Morgan fingerprint density at radius 1 is 1.13 bits per heavy atom. The molecule has 8 heteroatoms. The van der Waals surface area contributed by atoms with Crippen LogP contribution in [0.4, 0.5) is 5.69 Å². The summed E-state index contributed by atoms with van der Waals surface area (Å²) in [4.78, 5) is 22.6. The lowest BCUT2D eigenvalue weighted by Gasteiger charge is -2.32. The molecule has 158 valence electrons. The number of carbonyl (C=O) groups excluding carboxylic acids is 1. The van der Waals surface area contributed by atoms with Crippen molar-refractivity contribution in [2.45, 2.75) is 39.0 Å². The van der Waals surface area contributed by atoms with Crippen LogP contribution in [0, 0.1) is 10.1 Å². The standard InChI is InChI=1S/C22H23NO7/c1-14-12-20(28-13-16-4-10-19(27-3)11-5-16)29-15(2)21(14)30-22(24)17-6-8-18(9-7-17)23(25)26/h4-12,15,20-21H,13H2,1-3H3/t15-,20+,21-/m0/s1. The van der Waals surface area contributed by atoms with Crippen LogP contribution in [0.1, 0.15) is 29.8 Å². The van der Waals surface area contributed by atoms with E-state index in [1.165, 1.54) is 24.3 Å². The summed E-state index contributed by atoms with van der Waals surface area (Å²) in [5, 5.41) is 10.7. The molecule has 0 aromatic heterocycles. The molecule has 8 nitrogen and oxygen atoms in total. The highest BCUT2D eigenvalue weighted by Crippen LogP contribution is 2.25. The normalized spacial score (nSPS) is 20.9. The number of rotatable bonds is 7. The minimum atomic E-state index is -0.575. The van der Waals surface area contributed by atoms with E-state index in [1.807, 2.05) is 31.2 Å². The Hall–Kier alpha value is -3.23. The van der Waals surface area contributed by atoms with E-state index in [1.54, 1.807) is 20.1 Å². The van der Waals surface area contributed by atoms with Crippen LogP contribution in [0.5, 0.6) is 5.75 Å². The molecule has 30 heavy (non-hydrogen) atoms. The van der Waals surface area contributed by atoms with Crippen molar-refractivity contribution in [3.8, 4) is 5.75 Å². The predicted octanol–water partition coefficient (Wildman–Crippen LogP) is 4.04. The van der Waals surface area contributed by atoms with E-state index in [4.69, 9.17) is 18.9 Å². The molecular formula is C22H23NO7. The zero-order chi connectivity index (χ0) is 21.7. The molecule has 0 amide bonds. The van der Waals surface area contributed by atoms with Crippen molar-refractivity contribution < 1.29 is 28.7 Å². The molecule has 3 rings (SSSR count). The van der Waals surface area contributed by atoms with Crippen molar-refractivity contribution in [2.24, 2.45) is 0 Å². The third kappa shape index (κ3) is 5.22. The average molecular weight is 413 g/mol. The van der Waals surface area contributed by atoms with Gasteiger partial charge in [0.15, 0.2) is 6.29 Å². The minimum absolute atomic E-state index is 0.0890. The van der Waals surface area contributed by atoms with Crippen molar-refractivity contribution in [1.82, 2.24) is 0 Å². The van der Waals surface area contributed by atoms with Gasteiger partial charge in [0.1, 0.15) is 11.9 Å². The summed E-state index contributed by atoms with van der Waals surface area (Å²) in [7, 11) is 1.61. The van der Waals surface area contributed by atoms with E-state index in [2.05, 4.69) is 0 Å². The molecule has 2 aromatic carbocycles. The fourth-order valence-electron chi connectivity index (χ4n) is 3.08. The number of hydrogen-bond donors (Lipinski definition) is 0. The molecule has 1 heterocycles. The van der Waals surface area contributed by atoms with Crippen LogP contribution in [-0.2, 0) is 20.8 Å². The third-order valence-electron chi connectivity index (χ3n) is 4.74. The maximum absolute atomic E-state index is 12.4. The molecule has 0 aliphatic carbocycles. The molecule has 0 bridgehead atoms. The number of nitro benzene ring substituents is 1. The number of esters is 1. The van der Waals surface area contributed by atoms with E-state index < -0.39 is 29.4 Å². The zero-order valence-electron chi connectivity index (χ0n) is 16.9. The van der Waals surface area contributed by atoms with Crippen molar-refractivity contribution in [3.63, 3.8) is 0 Å². The molecule has 1 aliphatic rings. The Labute approximate surface area is 174 Å². The van der Waals surface area contributed by atoms with Crippen LogP contribution in [0.2, 0.25) is 0 Å². The van der Waals surface area contributed by atoms with E-state index >= 15 is 0 Å². The number of non-ortho nitro benzene ring substituents is 1. The Morgan fingerprint density at radius 2 is 1.80 bits per heavy atom. The van der Waals surface area contributed by atoms with Gasteiger partial charge in [0, 0.05) is 12.1 Å². The largest absolute Gasteiger partial charge is 0.497 e. The van der Waals surface area contributed by atoms with Gasteiger partial charge in [-0.2, -0.15) is 0 Å². The van der Waals surface area contributed by atoms with Crippen LogP contribution in [0.15, 0.2) is 60.2 Å². The topological polar surface area (TPSA) is 97.1 Å². The van der Waals surface area contributed by atoms with Gasteiger partial charge in [0.05, 0.1) is 30.3 Å². The number of ether oxygens (including phenoxy) is 4.